The van der Waals surface area contributed by atoms with Crippen molar-refractivity contribution in [2.45, 2.75) is 20.5 Å². The first-order chi connectivity index (χ1) is 13.8. The highest BCUT2D eigenvalue weighted by molar-refractivity contribution is 5.87. The normalized spacial score (nSPS) is 10.7. The maximum absolute atomic E-state index is 13.7. The van der Waals surface area contributed by atoms with Crippen LogP contribution < -0.4 is 10.3 Å². The van der Waals surface area contributed by atoms with Gasteiger partial charge >= 0.3 is 5.97 Å². The molecule has 3 aromatic heterocycles. The lowest BCUT2D eigenvalue weighted by molar-refractivity contribution is 0.0594. The molecule has 0 fully saturated rings. The molecule has 0 aliphatic carbocycles. The van der Waals surface area contributed by atoms with E-state index in [-0.39, 0.29) is 23.7 Å². The molecule has 0 radical (unpaired) electrons. The van der Waals surface area contributed by atoms with Gasteiger partial charge in [-0.05, 0) is 25.5 Å². The Balaban J connectivity index is 1.92. The number of hydrogen-bond donors (Lipinski definition) is 0. The highest BCUT2D eigenvalue weighted by Crippen LogP contribution is 2.19. The molecule has 0 amide bonds. The Morgan fingerprint density at radius 3 is 2.52 bits per heavy atom. The van der Waals surface area contributed by atoms with Crippen molar-refractivity contribution in [1.29, 1.82) is 0 Å². The van der Waals surface area contributed by atoms with Crippen molar-refractivity contribution >= 4 is 5.97 Å². The minimum absolute atomic E-state index is 0.0672. The molecule has 0 spiro atoms. The molecule has 0 saturated heterocycles. The standard InChI is InChI=1S/C20H17F2N3O4/c1-11-8-23-16(20(27)28-3)7-18(11)25-12(2)4-14(6-19(25)26)29-10-17-15(22)5-13(21)9-24-17/h4-9H,10H2,1-3H3. The summed E-state index contributed by atoms with van der Waals surface area (Å²) in [6.07, 6.45) is 2.36. The second-order valence-corrected chi connectivity index (χ2v) is 6.22. The van der Waals surface area contributed by atoms with Crippen LogP contribution in [0, 0.1) is 25.5 Å². The van der Waals surface area contributed by atoms with E-state index >= 15 is 0 Å². The van der Waals surface area contributed by atoms with E-state index in [1.165, 1.54) is 30.0 Å². The van der Waals surface area contributed by atoms with Crippen LogP contribution in [-0.2, 0) is 11.3 Å². The Bertz CT molecular complexity index is 1150. The molecular formula is C20H17F2N3O4. The molecule has 3 aromatic rings. The molecule has 0 bridgehead atoms. The number of ether oxygens (including phenoxy) is 2. The van der Waals surface area contributed by atoms with Gasteiger partial charge in [0.1, 0.15) is 29.6 Å². The van der Waals surface area contributed by atoms with Crippen molar-refractivity contribution in [3.63, 3.8) is 0 Å². The quantitative estimate of drug-likeness (QED) is 0.612. The number of carbonyl (C=O) groups is 1. The molecule has 0 aliphatic heterocycles. The summed E-state index contributed by atoms with van der Waals surface area (Å²) < 4.78 is 38.1. The zero-order chi connectivity index (χ0) is 21.1. The van der Waals surface area contributed by atoms with Gasteiger partial charge in [0, 0.05) is 30.1 Å². The van der Waals surface area contributed by atoms with Crippen LogP contribution in [0.2, 0.25) is 0 Å². The number of nitrogens with zero attached hydrogens (tertiary/aromatic N) is 3. The highest BCUT2D eigenvalue weighted by atomic mass is 19.1. The number of rotatable bonds is 5. The average molecular weight is 401 g/mol. The van der Waals surface area contributed by atoms with Gasteiger partial charge in [-0.2, -0.15) is 0 Å². The van der Waals surface area contributed by atoms with Crippen molar-refractivity contribution in [1.82, 2.24) is 14.5 Å². The van der Waals surface area contributed by atoms with Gasteiger partial charge in [-0.1, -0.05) is 0 Å². The van der Waals surface area contributed by atoms with E-state index in [0.717, 1.165) is 6.20 Å². The Kier molecular flexibility index (Phi) is 5.67. The Hall–Kier alpha value is -3.62. The van der Waals surface area contributed by atoms with Gasteiger partial charge in [0.05, 0.1) is 19.0 Å². The fraction of sp³-hybridized carbons (Fsp3) is 0.200. The van der Waals surface area contributed by atoms with Gasteiger partial charge in [0.25, 0.3) is 5.56 Å². The maximum atomic E-state index is 13.7. The van der Waals surface area contributed by atoms with Crippen LogP contribution in [0.1, 0.15) is 27.4 Å². The molecule has 0 N–H and O–H groups in total. The van der Waals surface area contributed by atoms with Crippen molar-refractivity contribution < 1.29 is 23.0 Å². The van der Waals surface area contributed by atoms with E-state index in [9.17, 15) is 18.4 Å². The number of methoxy groups -OCH3 is 1. The van der Waals surface area contributed by atoms with Gasteiger partial charge in [-0.25, -0.2) is 18.6 Å². The van der Waals surface area contributed by atoms with E-state index in [4.69, 9.17) is 4.74 Å². The van der Waals surface area contributed by atoms with Crippen LogP contribution in [0.25, 0.3) is 5.69 Å². The lowest BCUT2D eigenvalue weighted by Crippen LogP contribution is -2.21. The summed E-state index contributed by atoms with van der Waals surface area (Å²) >= 11 is 0. The van der Waals surface area contributed by atoms with E-state index in [0.29, 0.717) is 23.0 Å². The second-order valence-electron chi connectivity index (χ2n) is 6.22. The van der Waals surface area contributed by atoms with Crippen LogP contribution >= 0.6 is 0 Å². The van der Waals surface area contributed by atoms with Gasteiger partial charge in [-0.3, -0.25) is 14.3 Å². The van der Waals surface area contributed by atoms with Gasteiger partial charge in [0.2, 0.25) is 0 Å². The highest BCUT2D eigenvalue weighted by Gasteiger charge is 2.15. The number of aromatic nitrogens is 3. The summed E-state index contributed by atoms with van der Waals surface area (Å²) in [5.74, 6) is -2.04. The third-order valence-corrected chi connectivity index (χ3v) is 4.16. The Morgan fingerprint density at radius 2 is 1.86 bits per heavy atom. The number of aryl methyl sites for hydroxylation is 2. The van der Waals surface area contributed by atoms with E-state index in [1.54, 1.807) is 19.9 Å². The monoisotopic (exact) mass is 401 g/mol. The first-order valence-electron chi connectivity index (χ1n) is 8.52. The summed E-state index contributed by atoms with van der Waals surface area (Å²) in [7, 11) is 1.24. The molecule has 7 nitrogen and oxygen atoms in total. The molecule has 0 saturated carbocycles. The van der Waals surface area contributed by atoms with Crippen LogP contribution in [-0.4, -0.2) is 27.6 Å². The zero-order valence-corrected chi connectivity index (χ0v) is 15.9. The van der Waals surface area contributed by atoms with Gasteiger partial charge < -0.3 is 9.47 Å². The van der Waals surface area contributed by atoms with Gasteiger partial charge in [0.15, 0.2) is 5.82 Å². The van der Waals surface area contributed by atoms with E-state index < -0.39 is 23.2 Å². The summed E-state index contributed by atoms with van der Waals surface area (Å²) in [6, 6.07) is 4.99. The predicted molar refractivity (Wildman–Crippen MR) is 99.1 cm³/mol. The Labute approximate surface area is 164 Å². The summed E-state index contributed by atoms with van der Waals surface area (Å²) in [6.45, 7) is 3.17. The topological polar surface area (TPSA) is 83.3 Å². The molecular weight excluding hydrogens is 384 g/mol. The largest absolute Gasteiger partial charge is 0.487 e. The SMILES string of the molecule is COC(=O)c1cc(-n2c(C)cc(OCc3ncc(F)cc3F)cc2=O)c(C)cn1. The number of esters is 1. The molecule has 29 heavy (non-hydrogen) atoms. The average Bonchev–Trinajstić information content (AvgIpc) is 2.67. The Morgan fingerprint density at radius 1 is 1.10 bits per heavy atom. The molecule has 0 unspecified atom stereocenters. The minimum atomic E-state index is -0.835. The lowest BCUT2D eigenvalue weighted by atomic mass is 10.2. The molecule has 3 heterocycles. The first-order valence-corrected chi connectivity index (χ1v) is 8.52. The van der Waals surface area contributed by atoms with Crippen LogP contribution in [0.5, 0.6) is 5.75 Å². The predicted octanol–water partition coefficient (Wildman–Crippen LogP) is 2.89. The lowest BCUT2D eigenvalue weighted by Gasteiger charge is -2.15. The third kappa shape index (κ3) is 4.29. The van der Waals surface area contributed by atoms with Crippen LogP contribution in [0.3, 0.4) is 0 Å². The molecule has 3 rings (SSSR count). The van der Waals surface area contributed by atoms with Crippen molar-refractivity contribution in [2.24, 2.45) is 0 Å². The number of pyridine rings is 3. The van der Waals surface area contributed by atoms with E-state index in [1.807, 2.05) is 0 Å². The number of hydrogen-bond acceptors (Lipinski definition) is 6. The maximum Gasteiger partial charge on any atom is 0.356 e. The van der Waals surface area contributed by atoms with Crippen molar-refractivity contribution in [3.05, 3.63) is 81.3 Å². The summed E-state index contributed by atoms with van der Waals surface area (Å²) in [5, 5.41) is 0. The van der Waals surface area contributed by atoms with Crippen molar-refractivity contribution in [2.75, 3.05) is 7.11 Å². The fourth-order valence-corrected chi connectivity index (χ4v) is 2.74. The fourth-order valence-electron chi connectivity index (χ4n) is 2.74. The summed E-state index contributed by atoms with van der Waals surface area (Å²) in [4.78, 5) is 32.1. The molecule has 9 heteroatoms. The minimum Gasteiger partial charge on any atom is -0.487 e. The molecule has 0 aromatic carbocycles. The van der Waals surface area contributed by atoms with Crippen LogP contribution in [0.15, 0.2) is 41.5 Å². The zero-order valence-electron chi connectivity index (χ0n) is 15.9. The summed E-state index contributed by atoms with van der Waals surface area (Å²) in [5.41, 5.74) is 1.23. The molecule has 0 aliphatic rings. The van der Waals surface area contributed by atoms with Crippen molar-refractivity contribution in [3.8, 4) is 11.4 Å². The molecule has 150 valence electrons. The number of carbonyl (C=O) groups excluding carboxylic acids is 1. The smallest absolute Gasteiger partial charge is 0.356 e. The third-order valence-electron chi connectivity index (χ3n) is 4.16. The molecule has 0 atom stereocenters. The second kappa shape index (κ2) is 8.17. The van der Waals surface area contributed by atoms with Crippen LogP contribution in [0.4, 0.5) is 8.78 Å². The van der Waals surface area contributed by atoms with E-state index in [2.05, 4.69) is 14.7 Å². The number of halogens is 2. The van der Waals surface area contributed by atoms with Gasteiger partial charge in [-0.15, -0.1) is 0 Å². The first kappa shape index (κ1) is 20.1.